The number of rotatable bonds is 7. The fraction of sp³-hybridized carbons (Fsp3) is 0.238. The quantitative estimate of drug-likeness (QED) is 0.569. The maximum absolute atomic E-state index is 12.9. The van der Waals surface area contributed by atoms with Gasteiger partial charge < -0.3 is 10.1 Å². The van der Waals surface area contributed by atoms with Crippen LogP contribution in [0.3, 0.4) is 0 Å². The normalized spacial score (nSPS) is 13.8. The van der Waals surface area contributed by atoms with Crippen molar-refractivity contribution in [2.45, 2.75) is 26.0 Å². The zero-order chi connectivity index (χ0) is 21.0. The largest absolute Gasteiger partial charge is 0.452 e. The van der Waals surface area contributed by atoms with Crippen molar-refractivity contribution >= 4 is 23.7 Å². The minimum absolute atomic E-state index is 0.130. The summed E-state index contributed by atoms with van der Waals surface area (Å²) >= 11 is 0. The number of imide groups is 1. The minimum Gasteiger partial charge on any atom is -0.452 e. The Morgan fingerprint density at radius 2 is 1.62 bits per heavy atom. The minimum atomic E-state index is -1.05. The molecule has 1 N–H and O–H groups in total. The molecule has 3 rings (SSSR count). The Labute approximate surface area is 166 Å². The molecule has 7 nitrogen and oxygen atoms in total. The van der Waals surface area contributed by atoms with Crippen molar-refractivity contribution in [3.8, 4) is 0 Å². The summed E-state index contributed by atoms with van der Waals surface area (Å²) in [4.78, 5) is 49.6. The number of ether oxygens (including phenoxy) is 1. The summed E-state index contributed by atoms with van der Waals surface area (Å²) < 4.78 is 17.9. The summed E-state index contributed by atoms with van der Waals surface area (Å²) in [7, 11) is 0. The second-order valence-electron chi connectivity index (χ2n) is 6.53. The molecule has 0 saturated carbocycles. The van der Waals surface area contributed by atoms with Gasteiger partial charge in [0.15, 0.2) is 6.10 Å². The molecule has 0 fully saturated rings. The summed E-state index contributed by atoms with van der Waals surface area (Å²) in [6, 6.07) is 12.1. The summed E-state index contributed by atoms with van der Waals surface area (Å²) in [6.45, 7) is 1.45. The molecule has 150 valence electrons. The van der Waals surface area contributed by atoms with Gasteiger partial charge in [0.2, 0.25) is 0 Å². The molecular weight excluding hydrogens is 379 g/mol. The molecule has 29 heavy (non-hydrogen) atoms. The molecule has 0 aliphatic carbocycles. The third kappa shape index (κ3) is 4.66. The van der Waals surface area contributed by atoms with Crippen LogP contribution in [0, 0.1) is 5.82 Å². The lowest BCUT2D eigenvalue weighted by Gasteiger charge is -2.16. The highest BCUT2D eigenvalue weighted by Gasteiger charge is 2.35. The highest BCUT2D eigenvalue weighted by atomic mass is 19.1. The van der Waals surface area contributed by atoms with E-state index in [2.05, 4.69) is 5.32 Å². The van der Waals surface area contributed by atoms with Crippen molar-refractivity contribution in [3.63, 3.8) is 0 Å². The van der Waals surface area contributed by atoms with Crippen molar-refractivity contribution < 1.29 is 28.3 Å². The first kappa shape index (κ1) is 20.2. The lowest BCUT2D eigenvalue weighted by atomic mass is 10.1. The SMILES string of the molecule is CC(OC(=O)CCN1C(=O)c2ccccc2C1=O)C(=O)NCc1ccc(F)cc1. The van der Waals surface area contributed by atoms with Crippen LogP contribution in [0.25, 0.3) is 0 Å². The second-order valence-corrected chi connectivity index (χ2v) is 6.53. The predicted octanol–water partition coefficient (Wildman–Crippen LogP) is 2.06. The van der Waals surface area contributed by atoms with Crippen LogP contribution in [-0.2, 0) is 20.9 Å². The van der Waals surface area contributed by atoms with E-state index in [1.54, 1.807) is 24.3 Å². The fourth-order valence-electron chi connectivity index (χ4n) is 2.89. The number of hydrogen-bond donors (Lipinski definition) is 1. The molecule has 3 amide bonds. The smallest absolute Gasteiger partial charge is 0.308 e. The van der Waals surface area contributed by atoms with E-state index in [0.717, 1.165) is 4.90 Å². The lowest BCUT2D eigenvalue weighted by molar-refractivity contribution is -0.154. The summed E-state index contributed by atoms with van der Waals surface area (Å²) in [5, 5.41) is 2.59. The first-order chi connectivity index (χ1) is 13.9. The van der Waals surface area contributed by atoms with Crippen molar-refractivity contribution in [2.75, 3.05) is 6.54 Å². The van der Waals surface area contributed by atoms with Gasteiger partial charge in [-0.05, 0) is 36.8 Å². The Bertz CT molecular complexity index is 923. The molecule has 2 aromatic rings. The fourth-order valence-corrected chi connectivity index (χ4v) is 2.89. The van der Waals surface area contributed by atoms with E-state index in [9.17, 15) is 23.6 Å². The summed E-state index contributed by atoms with van der Waals surface area (Å²) in [6.07, 6.45) is -1.27. The van der Waals surface area contributed by atoms with E-state index in [1.165, 1.54) is 31.2 Å². The van der Waals surface area contributed by atoms with Crippen molar-refractivity contribution in [1.29, 1.82) is 0 Å². The number of halogens is 1. The van der Waals surface area contributed by atoms with Gasteiger partial charge in [0.1, 0.15) is 5.82 Å². The lowest BCUT2D eigenvalue weighted by Crippen LogP contribution is -2.37. The van der Waals surface area contributed by atoms with E-state index in [1.807, 2.05) is 0 Å². The van der Waals surface area contributed by atoms with E-state index >= 15 is 0 Å². The molecule has 0 bridgehead atoms. The van der Waals surface area contributed by atoms with Crippen LogP contribution >= 0.6 is 0 Å². The average molecular weight is 398 g/mol. The molecule has 1 aliphatic rings. The number of benzene rings is 2. The van der Waals surface area contributed by atoms with Gasteiger partial charge in [-0.2, -0.15) is 0 Å². The first-order valence-electron chi connectivity index (χ1n) is 9.03. The second kappa shape index (κ2) is 8.64. The number of amides is 3. The highest BCUT2D eigenvalue weighted by Crippen LogP contribution is 2.22. The van der Waals surface area contributed by atoms with Crippen molar-refractivity contribution in [3.05, 3.63) is 71.0 Å². The monoisotopic (exact) mass is 398 g/mol. The molecule has 1 heterocycles. The maximum Gasteiger partial charge on any atom is 0.308 e. The molecule has 0 spiro atoms. The van der Waals surface area contributed by atoms with Gasteiger partial charge in [0.25, 0.3) is 17.7 Å². The maximum atomic E-state index is 12.9. The van der Waals surface area contributed by atoms with Gasteiger partial charge in [0.05, 0.1) is 17.5 Å². The number of hydrogen-bond acceptors (Lipinski definition) is 5. The molecule has 2 aromatic carbocycles. The van der Waals surface area contributed by atoms with Gasteiger partial charge in [-0.25, -0.2) is 4.39 Å². The Kier molecular flexibility index (Phi) is 6.01. The van der Waals surface area contributed by atoms with Crippen molar-refractivity contribution in [1.82, 2.24) is 10.2 Å². The molecule has 1 atom stereocenters. The number of nitrogens with one attached hydrogen (secondary N) is 1. The van der Waals surface area contributed by atoms with Crippen LogP contribution in [0.5, 0.6) is 0 Å². The topological polar surface area (TPSA) is 92.8 Å². The Balaban J connectivity index is 1.45. The van der Waals surface area contributed by atoms with Gasteiger partial charge in [-0.15, -0.1) is 0 Å². The Hall–Kier alpha value is -3.55. The molecule has 0 saturated heterocycles. The van der Waals surface area contributed by atoms with E-state index in [-0.39, 0.29) is 25.3 Å². The number of carbonyl (C=O) groups excluding carboxylic acids is 4. The summed E-state index contributed by atoms with van der Waals surface area (Å²) in [5.74, 6) is -2.50. The van der Waals surface area contributed by atoms with Crippen LogP contribution in [0.4, 0.5) is 4.39 Å². The first-order valence-corrected chi connectivity index (χ1v) is 9.03. The number of carbonyl (C=O) groups is 4. The Morgan fingerprint density at radius 1 is 1.03 bits per heavy atom. The van der Waals surface area contributed by atoms with Crippen LogP contribution in [-0.4, -0.2) is 41.2 Å². The van der Waals surface area contributed by atoms with Crippen LogP contribution < -0.4 is 5.32 Å². The van der Waals surface area contributed by atoms with Crippen LogP contribution in [0.1, 0.15) is 39.6 Å². The summed E-state index contributed by atoms with van der Waals surface area (Å²) in [5.41, 5.74) is 1.31. The van der Waals surface area contributed by atoms with Gasteiger partial charge in [0, 0.05) is 13.1 Å². The van der Waals surface area contributed by atoms with E-state index < -0.39 is 29.8 Å². The zero-order valence-electron chi connectivity index (χ0n) is 15.7. The van der Waals surface area contributed by atoms with Gasteiger partial charge >= 0.3 is 5.97 Å². The standard InChI is InChI=1S/C21H19FN2O5/c1-13(19(26)23-12-14-6-8-15(22)9-7-14)29-18(25)10-11-24-20(27)16-4-2-3-5-17(16)21(24)28/h2-9,13H,10-12H2,1H3,(H,23,26). The Morgan fingerprint density at radius 3 is 2.21 bits per heavy atom. The van der Waals surface area contributed by atoms with Crippen LogP contribution in [0.2, 0.25) is 0 Å². The number of nitrogens with zero attached hydrogens (tertiary/aromatic N) is 1. The predicted molar refractivity (Wildman–Crippen MR) is 100 cm³/mol. The zero-order valence-corrected chi connectivity index (χ0v) is 15.7. The van der Waals surface area contributed by atoms with Gasteiger partial charge in [-0.3, -0.25) is 24.1 Å². The molecule has 8 heteroatoms. The van der Waals surface area contributed by atoms with E-state index in [0.29, 0.717) is 16.7 Å². The van der Waals surface area contributed by atoms with Gasteiger partial charge in [-0.1, -0.05) is 24.3 Å². The molecule has 0 aromatic heterocycles. The van der Waals surface area contributed by atoms with E-state index in [4.69, 9.17) is 4.74 Å². The number of fused-ring (bicyclic) bond motifs is 1. The molecule has 1 unspecified atom stereocenters. The molecule has 0 radical (unpaired) electrons. The molecular formula is C21H19FN2O5. The van der Waals surface area contributed by atoms with Crippen molar-refractivity contribution in [2.24, 2.45) is 0 Å². The average Bonchev–Trinajstić information content (AvgIpc) is 2.96. The number of esters is 1. The third-order valence-corrected chi connectivity index (χ3v) is 4.48. The highest BCUT2D eigenvalue weighted by molar-refractivity contribution is 6.21. The third-order valence-electron chi connectivity index (χ3n) is 4.48. The molecule has 1 aliphatic heterocycles. The van der Waals surface area contributed by atoms with Crippen LogP contribution in [0.15, 0.2) is 48.5 Å².